The van der Waals surface area contributed by atoms with Crippen molar-refractivity contribution in [3.63, 3.8) is 0 Å². The van der Waals surface area contributed by atoms with Crippen molar-refractivity contribution in [3.8, 4) is 11.5 Å². The summed E-state index contributed by atoms with van der Waals surface area (Å²) in [4.78, 5) is 28.7. The molecule has 0 saturated heterocycles. The van der Waals surface area contributed by atoms with Crippen LogP contribution in [-0.4, -0.2) is 40.2 Å². The van der Waals surface area contributed by atoms with Gasteiger partial charge in [0.1, 0.15) is 5.82 Å². The number of aromatic nitrogens is 2. The summed E-state index contributed by atoms with van der Waals surface area (Å²) in [5.74, 6) is 0.189. The molecule has 168 valence electrons. The molecule has 0 unspecified atom stereocenters. The molecule has 0 aliphatic rings. The van der Waals surface area contributed by atoms with Gasteiger partial charge in [0.2, 0.25) is 0 Å². The average Bonchev–Trinajstić information content (AvgIpc) is 2.72. The van der Waals surface area contributed by atoms with Gasteiger partial charge in [0.05, 0.1) is 27.3 Å². The molecule has 0 aliphatic heterocycles. The second-order valence-corrected chi connectivity index (χ2v) is 9.17. The highest BCUT2D eigenvalue weighted by Gasteiger charge is 2.15. The summed E-state index contributed by atoms with van der Waals surface area (Å²) in [6, 6.07) is 8.84. The summed E-state index contributed by atoms with van der Waals surface area (Å²) in [6.45, 7) is 5.61. The Labute approximate surface area is 206 Å². The molecule has 0 bridgehead atoms. The number of hydrogen-bond donors (Lipinski definition) is 1. The quantitative estimate of drug-likeness (QED) is 0.294. The van der Waals surface area contributed by atoms with E-state index in [0.717, 1.165) is 4.47 Å². The number of carboxylic acids is 1. The lowest BCUT2D eigenvalue weighted by Crippen LogP contribution is -2.23. The van der Waals surface area contributed by atoms with Crippen molar-refractivity contribution >= 4 is 61.6 Å². The summed E-state index contributed by atoms with van der Waals surface area (Å²) in [5.41, 5.74) is 1.01. The summed E-state index contributed by atoms with van der Waals surface area (Å²) in [7, 11) is 0. The molecular formula is C22H21BrIN3O5. The second kappa shape index (κ2) is 10.4. The molecule has 1 aromatic heterocycles. The molecule has 0 aliphatic carbocycles. The lowest BCUT2D eigenvalue weighted by molar-refractivity contribution is -0.139. The van der Waals surface area contributed by atoms with Crippen molar-refractivity contribution in [1.82, 2.24) is 9.66 Å². The minimum Gasteiger partial charge on any atom is -0.490 e. The number of carbonyl (C=O) groups is 1. The Morgan fingerprint density at radius 3 is 2.72 bits per heavy atom. The zero-order chi connectivity index (χ0) is 23.4. The monoisotopic (exact) mass is 613 g/mol. The number of benzene rings is 2. The molecule has 1 heterocycles. The Bertz CT molecular complexity index is 1260. The standard InChI is InChI=1S/C22H21BrIN3O5/c1-4-31-18-8-13(7-16(24)20(18)32-11-19(28)29)10-25-27-21(12(2)3)26-17-6-5-14(23)9-15(17)22(27)30/h5-10,12H,4,11H2,1-3H3,(H,28,29). The largest absolute Gasteiger partial charge is 0.490 e. The minimum atomic E-state index is -1.08. The normalized spacial score (nSPS) is 11.4. The van der Waals surface area contributed by atoms with Crippen LogP contribution in [0.4, 0.5) is 0 Å². The third kappa shape index (κ3) is 5.47. The summed E-state index contributed by atoms with van der Waals surface area (Å²) in [6.07, 6.45) is 1.55. The van der Waals surface area contributed by atoms with Gasteiger partial charge in [-0.3, -0.25) is 4.79 Å². The number of ether oxygens (including phenoxy) is 2. The number of carboxylic acid groups (broad SMARTS) is 1. The molecule has 0 amide bonds. The summed E-state index contributed by atoms with van der Waals surface area (Å²) < 4.78 is 13.8. The van der Waals surface area contributed by atoms with Crippen LogP contribution in [0.2, 0.25) is 0 Å². The third-order valence-corrected chi connectivity index (χ3v) is 5.64. The molecule has 3 aromatic rings. The van der Waals surface area contributed by atoms with Gasteiger partial charge in [0.25, 0.3) is 5.56 Å². The van der Waals surface area contributed by atoms with E-state index < -0.39 is 12.6 Å². The van der Waals surface area contributed by atoms with Crippen LogP contribution in [0.1, 0.15) is 38.1 Å². The van der Waals surface area contributed by atoms with Gasteiger partial charge in [-0.1, -0.05) is 29.8 Å². The molecule has 32 heavy (non-hydrogen) atoms. The summed E-state index contributed by atoms with van der Waals surface area (Å²) >= 11 is 5.44. The number of hydrogen-bond acceptors (Lipinski definition) is 6. The molecule has 1 N–H and O–H groups in total. The Morgan fingerprint density at radius 2 is 2.06 bits per heavy atom. The maximum Gasteiger partial charge on any atom is 0.341 e. The van der Waals surface area contributed by atoms with E-state index in [4.69, 9.17) is 14.6 Å². The van der Waals surface area contributed by atoms with Crippen molar-refractivity contribution < 1.29 is 19.4 Å². The van der Waals surface area contributed by atoms with Gasteiger partial charge in [-0.2, -0.15) is 9.78 Å². The van der Waals surface area contributed by atoms with Crippen LogP contribution in [0.25, 0.3) is 10.9 Å². The fraction of sp³-hybridized carbons (Fsp3) is 0.273. The molecule has 3 rings (SSSR count). The molecule has 8 nitrogen and oxygen atoms in total. The van der Waals surface area contributed by atoms with Gasteiger partial charge in [0.15, 0.2) is 18.1 Å². The Hall–Kier alpha value is -2.47. The van der Waals surface area contributed by atoms with Crippen LogP contribution >= 0.6 is 38.5 Å². The highest BCUT2D eigenvalue weighted by atomic mass is 127. The molecule has 0 fully saturated rings. The fourth-order valence-corrected chi connectivity index (χ4v) is 4.12. The topological polar surface area (TPSA) is 103 Å². The van der Waals surface area contributed by atoms with Crippen LogP contribution in [0.5, 0.6) is 11.5 Å². The average molecular weight is 614 g/mol. The van der Waals surface area contributed by atoms with E-state index in [1.807, 2.05) is 49.4 Å². The number of halogens is 2. The smallest absolute Gasteiger partial charge is 0.341 e. The zero-order valence-corrected chi connectivity index (χ0v) is 21.4. The van der Waals surface area contributed by atoms with E-state index in [1.165, 1.54) is 4.68 Å². The van der Waals surface area contributed by atoms with E-state index in [0.29, 0.717) is 44.0 Å². The van der Waals surface area contributed by atoms with E-state index in [-0.39, 0.29) is 11.5 Å². The zero-order valence-electron chi connectivity index (χ0n) is 17.6. The number of nitrogens with zero attached hydrogens (tertiary/aromatic N) is 3. The maximum atomic E-state index is 13.2. The third-order valence-electron chi connectivity index (χ3n) is 4.34. The first kappa shape index (κ1) is 24.2. The van der Waals surface area contributed by atoms with E-state index >= 15 is 0 Å². The first-order valence-electron chi connectivity index (χ1n) is 9.78. The van der Waals surface area contributed by atoms with Crippen LogP contribution in [0, 0.1) is 3.57 Å². The van der Waals surface area contributed by atoms with Gasteiger partial charge in [-0.15, -0.1) is 0 Å². The molecule has 10 heteroatoms. The number of rotatable bonds is 8. The predicted molar refractivity (Wildman–Crippen MR) is 134 cm³/mol. The van der Waals surface area contributed by atoms with E-state index in [1.54, 1.807) is 30.5 Å². The highest BCUT2D eigenvalue weighted by molar-refractivity contribution is 14.1. The van der Waals surface area contributed by atoms with Crippen molar-refractivity contribution in [3.05, 3.63) is 60.1 Å². The number of fused-ring (bicyclic) bond motifs is 1. The Kier molecular flexibility index (Phi) is 7.88. The first-order valence-corrected chi connectivity index (χ1v) is 11.7. The van der Waals surface area contributed by atoms with Crippen molar-refractivity contribution in [2.24, 2.45) is 5.10 Å². The van der Waals surface area contributed by atoms with Gasteiger partial charge in [-0.05, 0) is 65.4 Å². The SMILES string of the molecule is CCOc1cc(C=Nn2c(C(C)C)nc3ccc(Br)cc3c2=O)cc(I)c1OCC(=O)O. The van der Waals surface area contributed by atoms with Crippen molar-refractivity contribution in [2.45, 2.75) is 26.7 Å². The molecule has 2 aromatic carbocycles. The maximum absolute atomic E-state index is 13.2. The van der Waals surface area contributed by atoms with Crippen LogP contribution in [-0.2, 0) is 4.79 Å². The van der Waals surface area contributed by atoms with Crippen molar-refractivity contribution in [2.75, 3.05) is 13.2 Å². The molecule has 0 spiro atoms. The lowest BCUT2D eigenvalue weighted by Gasteiger charge is -2.14. The molecule has 0 saturated carbocycles. The summed E-state index contributed by atoms with van der Waals surface area (Å²) in [5, 5.41) is 13.8. The van der Waals surface area contributed by atoms with Crippen molar-refractivity contribution in [1.29, 1.82) is 0 Å². The van der Waals surface area contributed by atoms with E-state index in [2.05, 4.69) is 26.0 Å². The Balaban J connectivity index is 2.08. The number of aliphatic carboxylic acids is 1. The lowest BCUT2D eigenvalue weighted by atomic mass is 10.2. The molecule has 0 radical (unpaired) electrons. The minimum absolute atomic E-state index is 0.0289. The van der Waals surface area contributed by atoms with Crippen LogP contribution in [0.15, 0.2) is 44.7 Å². The molecule has 0 atom stereocenters. The van der Waals surface area contributed by atoms with Crippen LogP contribution < -0.4 is 15.0 Å². The van der Waals surface area contributed by atoms with Gasteiger partial charge in [-0.25, -0.2) is 9.78 Å². The first-order chi connectivity index (χ1) is 15.2. The van der Waals surface area contributed by atoms with Crippen LogP contribution in [0.3, 0.4) is 0 Å². The van der Waals surface area contributed by atoms with Gasteiger partial charge in [0, 0.05) is 10.4 Å². The van der Waals surface area contributed by atoms with E-state index in [9.17, 15) is 9.59 Å². The molecular weight excluding hydrogens is 593 g/mol. The fourth-order valence-electron chi connectivity index (χ4n) is 2.98. The van der Waals surface area contributed by atoms with Gasteiger partial charge < -0.3 is 14.6 Å². The predicted octanol–water partition coefficient (Wildman–Crippen LogP) is 4.63. The van der Waals surface area contributed by atoms with Gasteiger partial charge >= 0.3 is 5.97 Å². The highest BCUT2D eigenvalue weighted by Crippen LogP contribution is 2.34. The second-order valence-electron chi connectivity index (χ2n) is 7.09. The Morgan fingerprint density at radius 1 is 1.31 bits per heavy atom.